The molecule has 0 radical (unpaired) electrons. The highest BCUT2D eigenvalue weighted by Gasteiger charge is 2.11. The number of hydrogen-bond donors (Lipinski definition) is 4. The number of aromatic hydroxyl groups is 2. The summed E-state index contributed by atoms with van der Waals surface area (Å²) in [6.45, 7) is 0. The van der Waals surface area contributed by atoms with E-state index in [1.54, 1.807) is 0 Å². The number of carboxylic acids is 1. The first kappa shape index (κ1) is 13.4. The van der Waals surface area contributed by atoms with Gasteiger partial charge in [0.05, 0.1) is 0 Å². The number of phenols is 2. The highest BCUT2D eigenvalue weighted by Crippen LogP contribution is 2.22. The Bertz CT molecular complexity index is 664. The minimum Gasteiger partial charge on any atom is -0.508 e. The lowest BCUT2D eigenvalue weighted by Gasteiger charge is -2.07. The summed E-state index contributed by atoms with van der Waals surface area (Å²) in [4.78, 5) is 22.6. The van der Waals surface area contributed by atoms with E-state index < -0.39 is 17.6 Å². The van der Waals surface area contributed by atoms with Gasteiger partial charge in [0.25, 0.3) is 5.91 Å². The SMILES string of the molecule is O=C(Nc1ccc(C(=O)O)c(O)c1)c1ccc(O)cc1. The van der Waals surface area contributed by atoms with Crippen LogP contribution in [0.25, 0.3) is 0 Å². The largest absolute Gasteiger partial charge is 0.508 e. The molecule has 4 N–H and O–H groups in total. The van der Waals surface area contributed by atoms with E-state index in [-0.39, 0.29) is 17.0 Å². The molecule has 0 saturated carbocycles. The number of amides is 1. The Hall–Kier alpha value is -3.02. The number of nitrogens with one attached hydrogen (secondary N) is 1. The summed E-state index contributed by atoms with van der Waals surface area (Å²) >= 11 is 0. The molecule has 2 aromatic rings. The van der Waals surface area contributed by atoms with Crippen molar-refractivity contribution in [3.63, 3.8) is 0 Å². The van der Waals surface area contributed by atoms with Gasteiger partial charge < -0.3 is 20.6 Å². The molecule has 0 saturated heterocycles. The van der Waals surface area contributed by atoms with Crippen LogP contribution >= 0.6 is 0 Å². The third kappa shape index (κ3) is 2.86. The molecule has 1 amide bonds. The molecule has 0 atom stereocenters. The average molecular weight is 273 g/mol. The van der Waals surface area contributed by atoms with E-state index in [1.807, 2.05) is 0 Å². The molecule has 2 rings (SSSR count). The minimum absolute atomic E-state index is 0.0463. The van der Waals surface area contributed by atoms with Gasteiger partial charge in [-0.2, -0.15) is 0 Å². The topological polar surface area (TPSA) is 107 Å². The van der Waals surface area contributed by atoms with Gasteiger partial charge in [-0.25, -0.2) is 4.79 Å². The van der Waals surface area contributed by atoms with Crippen LogP contribution in [0.5, 0.6) is 11.5 Å². The second-order valence-corrected chi connectivity index (χ2v) is 4.04. The molecule has 6 nitrogen and oxygen atoms in total. The molecule has 0 spiro atoms. The Morgan fingerprint density at radius 3 is 2.15 bits per heavy atom. The number of carboxylic acid groups (broad SMARTS) is 1. The van der Waals surface area contributed by atoms with Crippen LogP contribution in [0, 0.1) is 0 Å². The van der Waals surface area contributed by atoms with Crippen molar-refractivity contribution in [2.75, 3.05) is 5.32 Å². The fourth-order valence-electron chi connectivity index (χ4n) is 1.61. The summed E-state index contributed by atoms with van der Waals surface area (Å²) < 4.78 is 0. The molecule has 0 bridgehead atoms. The predicted octanol–water partition coefficient (Wildman–Crippen LogP) is 2.05. The third-order valence-electron chi connectivity index (χ3n) is 2.62. The Morgan fingerprint density at radius 1 is 0.950 bits per heavy atom. The Morgan fingerprint density at radius 2 is 1.60 bits per heavy atom. The van der Waals surface area contributed by atoms with Crippen molar-refractivity contribution in [3.05, 3.63) is 53.6 Å². The molecule has 2 aromatic carbocycles. The van der Waals surface area contributed by atoms with E-state index in [0.717, 1.165) is 6.07 Å². The van der Waals surface area contributed by atoms with Crippen LogP contribution in [-0.2, 0) is 0 Å². The van der Waals surface area contributed by atoms with E-state index in [1.165, 1.54) is 36.4 Å². The van der Waals surface area contributed by atoms with Crippen molar-refractivity contribution in [2.24, 2.45) is 0 Å². The maximum atomic E-state index is 11.9. The number of phenolic OH excluding ortho intramolecular Hbond substituents is 1. The number of carbonyl (C=O) groups is 2. The lowest BCUT2D eigenvalue weighted by molar-refractivity contribution is 0.0693. The molecular weight excluding hydrogens is 262 g/mol. The zero-order valence-corrected chi connectivity index (χ0v) is 10.2. The molecule has 0 aromatic heterocycles. The summed E-state index contributed by atoms with van der Waals surface area (Å²) in [7, 11) is 0. The highest BCUT2D eigenvalue weighted by molar-refractivity contribution is 6.04. The van der Waals surface area contributed by atoms with Gasteiger partial charge in [-0.05, 0) is 36.4 Å². The van der Waals surface area contributed by atoms with Crippen molar-refractivity contribution in [1.82, 2.24) is 0 Å². The zero-order valence-electron chi connectivity index (χ0n) is 10.2. The molecular formula is C14H11NO5. The monoisotopic (exact) mass is 273 g/mol. The molecule has 0 aliphatic heterocycles. The van der Waals surface area contributed by atoms with Gasteiger partial charge in [0.1, 0.15) is 17.1 Å². The van der Waals surface area contributed by atoms with Crippen LogP contribution in [0.1, 0.15) is 20.7 Å². The van der Waals surface area contributed by atoms with E-state index in [2.05, 4.69) is 5.32 Å². The van der Waals surface area contributed by atoms with Crippen LogP contribution < -0.4 is 5.32 Å². The number of hydrogen-bond acceptors (Lipinski definition) is 4. The van der Waals surface area contributed by atoms with Gasteiger partial charge in [0.2, 0.25) is 0 Å². The predicted molar refractivity (Wildman–Crippen MR) is 71.1 cm³/mol. The van der Waals surface area contributed by atoms with Gasteiger partial charge in [-0.3, -0.25) is 4.79 Å². The summed E-state index contributed by atoms with van der Waals surface area (Å²) in [5.41, 5.74) is 0.350. The first-order valence-corrected chi connectivity index (χ1v) is 5.64. The van der Waals surface area contributed by atoms with Gasteiger partial charge >= 0.3 is 5.97 Å². The summed E-state index contributed by atoms with van der Waals surface area (Å²) in [6.07, 6.45) is 0. The summed E-state index contributed by atoms with van der Waals surface area (Å²) in [6, 6.07) is 9.36. The number of aromatic carboxylic acids is 1. The molecule has 0 heterocycles. The van der Waals surface area contributed by atoms with Crippen molar-refractivity contribution in [3.8, 4) is 11.5 Å². The van der Waals surface area contributed by atoms with Crippen molar-refractivity contribution >= 4 is 17.6 Å². The van der Waals surface area contributed by atoms with E-state index in [0.29, 0.717) is 5.56 Å². The fourth-order valence-corrected chi connectivity index (χ4v) is 1.61. The zero-order chi connectivity index (χ0) is 14.7. The molecule has 0 unspecified atom stereocenters. The van der Waals surface area contributed by atoms with Crippen molar-refractivity contribution in [1.29, 1.82) is 0 Å². The highest BCUT2D eigenvalue weighted by atomic mass is 16.4. The lowest BCUT2D eigenvalue weighted by Crippen LogP contribution is -2.11. The Balaban J connectivity index is 2.18. The summed E-state index contributed by atoms with van der Waals surface area (Å²) in [5, 5.41) is 29.9. The maximum Gasteiger partial charge on any atom is 0.339 e. The Kier molecular flexibility index (Phi) is 3.56. The standard InChI is InChI=1S/C14H11NO5/c16-10-4-1-8(2-5-10)13(18)15-9-3-6-11(14(19)20)12(17)7-9/h1-7,16-17H,(H,15,18)(H,19,20). The van der Waals surface area contributed by atoms with Gasteiger partial charge in [0, 0.05) is 17.3 Å². The number of rotatable bonds is 3. The van der Waals surface area contributed by atoms with E-state index in [4.69, 9.17) is 10.2 Å². The van der Waals surface area contributed by atoms with Gasteiger partial charge in [-0.15, -0.1) is 0 Å². The van der Waals surface area contributed by atoms with Crippen LogP contribution in [0.3, 0.4) is 0 Å². The van der Waals surface area contributed by atoms with Gasteiger partial charge in [0.15, 0.2) is 0 Å². The normalized spacial score (nSPS) is 10.0. The smallest absolute Gasteiger partial charge is 0.339 e. The summed E-state index contributed by atoms with van der Waals surface area (Å²) in [5.74, 6) is -2.07. The quantitative estimate of drug-likeness (QED) is 0.684. The molecule has 0 fully saturated rings. The average Bonchev–Trinajstić information content (AvgIpc) is 2.39. The van der Waals surface area contributed by atoms with Crippen LogP contribution in [-0.4, -0.2) is 27.2 Å². The minimum atomic E-state index is -1.25. The number of anilines is 1. The first-order chi connectivity index (χ1) is 9.47. The second-order valence-electron chi connectivity index (χ2n) is 4.04. The fraction of sp³-hybridized carbons (Fsp3) is 0. The first-order valence-electron chi connectivity index (χ1n) is 5.64. The molecule has 20 heavy (non-hydrogen) atoms. The van der Waals surface area contributed by atoms with Crippen molar-refractivity contribution < 1.29 is 24.9 Å². The number of carbonyl (C=O) groups excluding carboxylic acids is 1. The molecule has 102 valence electrons. The van der Waals surface area contributed by atoms with E-state index in [9.17, 15) is 14.7 Å². The molecule has 0 aliphatic rings. The lowest BCUT2D eigenvalue weighted by atomic mass is 10.1. The Labute approximate surface area is 113 Å². The maximum absolute atomic E-state index is 11.9. The van der Waals surface area contributed by atoms with E-state index >= 15 is 0 Å². The van der Waals surface area contributed by atoms with Crippen LogP contribution in [0.15, 0.2) is 42.5 Å². The van der Waals surface area contributed by atoms with Crippen molar-refractivity contribution in [2.45, 2.75) is 0 Å². The second kappa shape index (κ2) is 5.31. The number of benzene rings is 2. The van der Waals surface area contributed by atoms with Gasteiger partial charge in [-0.1, -0.05) is 0 Å². The third-order valence-corrected chi connectivity index (χ3v) is 2.62. The molecule has 6 heteroatoms. The van der Waals surface area contributed by atoms with Crippen LogP contribution in [0.4, 0.5) is 5.69 Å². The molecule has 0 aliphatic carbocycles. The van der Waals surface area contributed by atoms with Crippen LogP contribution in [0.2, 0.25) is 0 Å².